The van der Waals surface area contributed by atoms with Gasteiger partial charge in [-0.05, 0) is 85.4 Å². The van der Waals surface area contributed by atoms with Crippen LogP contribution < -0.4 is 5.46 Å². The van der Waals surface area contributed by atoms with E-state index in [9.17, 15) is 5.11 Å². The lowest BCUT2D eigenvalue weighted by atomic mass is 9.76. The van der Waals surface area contributed by atoms with Gasteiger partial charge in [0, 0.05) is 30.9 Å². The van der Waals surface area contributed by atoms with Gasteiger partial charge in [0.2, 0.25) is 0 Å². The Labute approximate surface area is 231 Å². The van der Waals surface area contributed by atoms with Crippen molar-refractivity contribution in [1.29, 1.82) is 0 Å². The zero-order valence-corrected chi connectivity index (χ0v) is 23.4. The molecule has 0 unspecified atom stereocenters. The monoisotopic (exact) mass is 528 g/mol. The van der Waals surface area contributed by atoms with Crippen LogP contribution in [-0.4, -0.2) is 23.8 Å². The van der Waals surface area contributed by atoms with E-state index in [1.165, 1.54) is 31.1 Å². The number of hydrogen-bond acceptors (Lipinski definition) is 4. The van der Waals surface area contributed by atoms with E-state index in [4.69, 9.17) is 9.07 Å². The normalized spacial score (nSPS) is 12.8. The van der Waals surface area contributed by atoms with Crippen molar-refractivity contribution >= 4 is 77.2 Å². The van der Waals surface area contributed by atoms with Crippen LogP contribution in [-0.2, 0) is 4.65 Å². The molecular weight excluding hydrogens is 499 g/mol. The first-order valence-corrected chi connectivity index (χ1v) is 14.2. The van der Waals surface area contributed by atoms with E-state index in [0.29, 0.717) is 7.48 Å². The fourth-order valence-corrected chi connectivity index (χ4v) is 6.59. The summed E-state index contributed by atoms with van der Waals surface area (Å²) in [7, 11) is 0.337. The Kier molecular flexibility index (Phi) is 5.44. The van der Waals surface area contributed by atoms with Crippen LogP contribution >= 0.6 is 11.3 Å². The summed E-state index contributed by atoms with van der Waals surface area (Å²) < 4.78 is 15.5. The second kappa shape index (κ2) is 8.69. The second-order valence-corrected chi connectivity index (χ2v) is 12.5. The number of aliphatic hydroxyl groups is 1. The molecule has 0 fully saturated rings. The zero-order valence-electron chi connectivity index (χ0n) is 22.5. The molecule has 0 radical (unpaired) electrons. The Bertz CT molecular complexity index is 2040. The highest BCUT2D eigenvalue weighted by Gasteiger charge is 2.36. The molecule has 0 saturated carbocycles. The summed E-state index contributed by atoms with van der Waals surface area (Å²) in [5, 5.41) is 17.9. The lowest BCUT2D eigenvalue weighted by Crippen LogP contribution is -2.49. The van der Waals surface area contributed by atoms with Crippen LogP contribution in [0.25, 0.3) is 64.0 Å². The Morgan fingerprint density at radius 1 is 0.692 bits per heavy atom. The highest BCUT2D eigenvalue weighted by molar-refractivity contribution is 7.25. The summed E-state index contributed by atoms with van der Waals surface area (Å²) in [6, 6.07) is 32.2. The third-order valence-corrected chi connectivity index (χ3v) is 9.49. The van der Waals surface area contributed by atoms with E-state index in [1.807, 2.05) is 25.2 Å². The molecular formula is C34H29BO3S. The smallest absolute Gasteiger partial charge is 0.310 e. The van der Waals surface area contributed by atoms with E-state index in [-0.39, 0.29) is 0 Å². The van der Waals surface area contributed by atoms with E-state index < -0.39 is 11.2 Å². The molecule has 0 atom stereocenters. The van der Waals surface area contributed by atoms with Gasteiger partial charge >= 0.3 is 7.48 Å². The summed E-state index contributed by atoms with van der Waals surface area (Å²) >= 11 is 1.82. The van der Waals surface area contributed by atoms with Crippen LogP contribution in [0.15, 0.2) is 95.4 Å². The van der Waals surface area contributed by atoms with Gasteiger partial charge in [-0.1, -0.05) is 60.7 Å². The van der Waals surface area contributed by atoms with E-state index in [2.05, 4.69) is 91.0 Å². The lowest BCUT2D eigenvalue weighted by Gasteiger charge is -2.37. The van der Waals surface area contributed by atoms with Crippen molar-refractivity contribution in [2.75, 3.05) is 0 Å². The molecule has 7 rings (SSSR count). The van der Waals surface area contributed by atoms with Crippen molar-refractivity contribution in [3.05, 3.63) is 91.0 Å². The minimum Gasteiger partial charge on any atom is -0.456 e. The quantitative estimate of drug-likeness (QED) is 0.229. The molecule has 0 amide bonds. The van der Waals surface area contributed by atoms with Gasteiger partial charge in [-0.3, -0.25) is 0 Å². The molecule has 5 heteroatoms. The Hall–Kier alpha value is -3.64. The zero-order chi connectivity index (χ0) is 26.9. The number of furan rings is 1. The van der Waals surface area contributed by atoms with Crippen LogP contribution in [0.3, 0.4) is 0 Å². The molecule has 2 heterocycles. The van der Waals surface area contributed by atoms with Crippen molar-refractivity contribution in [2.24, 2.45) is 0 Å². The van der Waals surface area contributed by atoms with Crippen molar-refractivity contribution < 1.29 is 14.2 Å². The second-order valence-electron chi connectivity index (χ2n) is 11.4. The molecule has 39 heavy (non-hydrogen) atoms. The summed E-state index contributed by atoms with van der Waals surface area (Å²) in [5.74, 6) is 0. The molecule has 192 valence electrons. The van der Waals surface area contributed by atoms with Gasteiger partial charge < -0.3 is 14.2 Å². The molecule has 0 aliphatic rings. The van der Waals surface area contributed by atoms with Gasteiger partial charge in [0.1, 0.15) is 11.2 Å². The summed E-state index contributed by atoms with van der Waals surface area (Å²) in [4.78, 5) is 0. The average molecular weight is 528 g/mol. The molecule has 2 aromatic heterocycles. The number of rotatable bonds is 5. The first-order chi connectivity index (χ1) is 18.7. The van der Waals surface area contributed by atoms with Crippen molar-refractivity contribution in [3.8, 4) is 11.1 Å². The maximum Gasteiger partial charge on any atom is 0.310 e. The maximum atomic E-state index is 10.9. The average Bonchev–Trinajstić information content (AvgIpc) is 3.47. The third kappa shape index (κ3) is 3.88. The van der Waals surface area contributed by atoms with Crippen LogP contribution in [0.2, 0.25) is 0 Å². The summed E-state index contributed by atoms with van der Waals surface area (Å²) in [6.45, 7) is 7.49. The molecule has 0 aliphatic heterocycles. The lowest BCUT2D eigenvalue weighted by molar-refractivity contribution is -0.0892. The summed E-state index contributed by atoms with van der Waals surface area (Å²) in [5.41, 5.74) is 3.30. The van der Waals surface area contributed by atoms with Gasteiger partial charge in [-0.25, -0.2) is 0 Å². The predicted molar refractivity (Wildman–Crippen MR) is 168 cm³/mol. The fraction of sp³-hybridized carbons (Fsp3) is 0.176. The first-order valence-electron chi connectivity index (χ1n) is 13.4. The molecule has 0 aliphatic carbocycles. The highest BCUT2D eigenvalue weighted by Crippen LogP contribution is 2.41. The van der Waals surface area contributed by atoms with E-state index in [0.717, 1.165) is 38.4 Å². The standard InChI is InChI=1S/C34H29BO3S/c1-33(2,36)34(3,4)38-35-32-23(22-13-9-15-29-30(22)24-12-7-8-14-28(24)39-29)16-17-26-31(32)25-18-20-10-5-6-11-21(20)19-27(25)37-26/h5-19,35-36H,1-4H3. The Morgan fingerprint density at radius 3 is 2.21 bits per heavy atom. The molecule has 0 spiro atoms. The minimum absolute atomic E-state index is 0.337. The topological polar surface area (TPSA) is 42.6 Å². The number of benzene rings is 5. The van der Waals surface area contributed by atoms with Crippen molar-refractivity contribution in [1.82, 2.24) is 0 Å². The van der Waals surface area contributed by atoms with E-state index in [1.54, 1.807) is 13.8 Å². The van der Waals surface area contributed by atoms with Gasteiger partial charge in [0.15, 0.2) is 0 Å². The maximum absolute atomic E-state index is 10.9. The van der Waals surface area contributed by atoms with Gasteiger partial charge in [0.05, 0.1) is 11.2 Å². The number of fused-ring (bicyclic) bond motifs is 7. The van der Waals surface area contributed by atoms with Crippen molar-refractivity contribution in [2.45, 2.75) is 38.9 Å². The SMILES string of the molecule is CC(C)(O)C(C)(C)OBc1c(-c2cccc3sc4ccccc4c23)ccc2oc3cc4ccccc4cc3c12. The number of thiophene rings is 1. The largest absolute Gasteiger partial charge is 0.456 e. The first kappa shape index (κ1) is 24.4. The Balaban J connectivity index is 1.55. The predicted octanol–water partition coefficient (Wildman–Crippen LogP) is 8.32. The number of hydrogen-bond donors (Lipinski definition) is 1. The minimum atomic E-state index is -1.01. The van der Waals surface area contributed by atoms with Crippen molar-refractivity contribution in [3.63, 3.8) is 0 Å². The van der Waals surface area contributed by atoms with Gasteiger partial charge in [-0.2, -0.15) is 0 Å². The molecule has 3 nitrogen and oxygen atoms in total. The third-order valence-electron chi connectivity index (χ3n) is 8.36. The molecule has 5 aromatic carbocycles. The summed E-state index contributed by atoms with van der Waals surface area (Å²) in [6.07, 6.45) is 0. The van der Waals surface area contributed by atoms with Gasteiger partial charge in [-0.15, -0.1) is 11.3 Å². The van der Waals surface area contributed by atoms with Crippen LogP contribution in [0.5, 0.6) is 0 Å². The molecule has 0 saturated heterocycles. The molecule has 1 N–H and O–H groups in total. The molecule has 0 bridgehead atoms. The fourth-order valence-electron chi connectivity index (χ4n) is 5.45. The Morgan fingerprint density at radius 2 is 1.41 bits per heavy atom. The van der Waals surface area contributed by atoms with Crippen LogP contribution in [0.1, 0.15) is 27.7 Å². The highest BCUT2D eigenvalue weighted by atomic mass is 32.1. The van der Waals surface area contributed by atoms with E-state index >= 15 is 0 Å². The van der Waals surface area contributed by atoms with Gasteiger partial charge in [0.25, 0.3) is 0 Å². The molecule has 7 aromatic rings. The van der Waals surface area contributed by atoms with Crippen LogP contribution in [0, 0.1) is 0 Å². The van der Waals surface area contributed by atoms with Crippen LogP contribution in [0.4, 0.5) is 0 Å².